The largest absolute Gasteiger partial charge is 0.353 e. The molecule has 1 saturated heterocycles. The first-order valence-corrected chi connectivity index (χ1v) is 7.68. The Bertz CT molecular complexity index is 661. The van der Waals surface area contributed by atoms with Crippen LogP contribution in [0, 0.1) is 13.8 Å². The Morgan fingerprint density at radius 2 is 1.77 bits per heavy atom. The second-order valence-corrected chi connectivity index (χ2v) is 5.71. The highest BCUT2D eigenvalue weighted by atomic mass is 16.2. The molecule has 1 fully saturated rings. The topological polar surface area (TPSA) is 36.4 Å². The Morgan fingerprint density at radius 3 is 2.45 bits per heavy atom. The number of carbonyl (C=O) groups excluding carboxylic acids is 1. The van der Waals surface area contributed by atoms with Gasteiger partial charge in [-0.05, 0) is 43.2 Å². The van der Waals surface area contributed by atoms with Crippen LogP contribution in [0.1, 0.15) is 21.5 Å². The minimum absolute atomic E-state index is 0.141. The van der Waals surface area contributed by atoms with Gasteiger partial charge in [-0.3, -0.25) is 4.79 Å². The molecule has 4 nitrogen and oxygen atoms in total. The molecule has 4 heteroatoms. The molecule has 0 saturated carbocycles. The molecule has 0 bridgehead atoms. The van der Waals surface area contributed by atoms with Crippen LogP contribution in [-0.4, -0.2) is 42.0 Å². The molecule has 2 heterocycles. The average Bonchev–Trinajstić information content (AvgIpc) is 2.58. The molecule has 1 aromatic heterocycles. The van der Waals surface area contributed by atoms with Gasteiger partial charge >= 0.3 is 0 Å². The van der Waals surface area contributed by atoms with Gasteiger partial charge in [-0.2, -0.15) is 0 Å². The molecule has 0 N–H and O–H groups in total. The lowest BCUT2D eigenvalue weighted by Crippen LogP contribution is -2.49. The molecule has 0 radical (unpaired) electrons. The third-order valence-corrected chi connectivity index (χ3v) is 4.38. The molecule has 0 unspecified atom stereocenters. The number of piperazine rings is 1. The molecule has 1 aliphatic rings. The van der Waals surface area contributed by atoms with Crippen molar-refractivity contribution >= 4 is 11.7 Å². The molecule has 2 aromatic rings. The number of aryl methyl sites for hydroxylation is 1. The number of carbonyl (C=O) groups is 1. The molecule has 1 aromatic carbocycles. The maximum Gasteiger partial charge on any atom is 0.254 e. The van der Waals surface area contributed by atoms with Crippen LogP contribution in [-0.2, 0) is 0 Å². The fourth-order valence-corrected chi connectivity index (χ4v) is 2.83. The monoisotopic (exact) mass is 295 g/mol. The first-order chi connectivity index (χ1) is 10.7. The third kappa shape index (κ3) is 2.82. The van der Waals surface area contributed by atoms with Gasteiger partial charge in [0.2, 0.25) is 0 Å². The van der Waals surface area contributed by atoms with Gasteiger partial charge in [0.25, 0.3) is 5.91 Å². The van der Waals surface area contributed by atoms with Crippen LogP contribution in [0.15, 0.2) is 42.6 Å². The van der Waals surface area contributed by atoms with Crippen LogP contribution in [0.25, 0.3) is 0 Å². The zero-order valence-corrected chi connectivity index (χ0v) is 13.1. The standard InChI is InChI=1S/C18H21N3O/c1-14-6-5-7-16(15(14)2)18(22)21-12-10-20(11-13-21)17-8-3-4-9-19-17/h3-9H,10-13H2,1-2H3. The van der Waals surface area contributed by atoms with E-state index in [1.807, 2.05) is 61.3 Å². The van der Waals surface area contributed by atoms with Crippen molar-refractivity contribution in [2.24, 2.45) is 0 Å². The lowest BCUT2D eigenvalue weighted by molar-refractivity contribution is 0.0745. The maximum atomic E-state index is 12.7. The second kappa shape index (κ2) is 6.18. The van der Waals surface area contributed by atoms with Crippen molar-refractivity contribution in [2.45, 2.75) is 13.8 Å². The highest BCUT2D eigenvalue weighted by Gasteiger charge is 2.23. The molecule has 1 aliphatic heterocycles. The van der Waals surface area contributed by atoms with Gasteiger partial charge < -0.3 is 9.80 Å². The van der Waals surface area contributed by atoms with Gasteiger partial charge in [-0.15, -0.1) is 0 Å². The normalized spacial score (nSPS) is 15.0. The average molecular weight is 295 g/mol. The zero-order chi connectivity index (χ0) is 15.5. The van der Waals surface area contributed by atoms with E-state index < -0.39 is 0 Å². The van der Waals surface area contributed by atoms with Gasteiger partial charge in [-0.25, -0.2) is 4.98 Å². The summed E-state index contributed by atoms with van der Waals surface area (Å²) in [5.74, 6) is 1.13. The van der Waals surface area contributed by atoms with E-state index in [0.29, 0.717) is 0 Å². The van der Waals surface area contributed by atoms with E-state index in [4.69, 9.17) is 0 Å². The third-order valence-electron chi connectivity index (χ3n) is 4.38. The molecule has 3 rings (SSSR count). The first-order valence-electron chi connectivity index (χ1n) is 7.68. The molecule has 114 valence electrons. The quantitative estimate of drug-likeness (QED) is 0.854. The number of aromatic nitrogens is 1. The summed E-state index contributed by atoms with van der Waals surface area (Å²) >= 11 is 0. The van der Waals surface area contributed by atoms with Gasteiger partial charge in [0.05, 0.1) is 0 Å². The minimum Gasteiger partial charge on any atom is -0.353 e. The predicted octanol–water partition coefficient (Wildman–Crippen LogP) is 2.66. The molecule has 0 spiro atoms. The summed E-state index contributed by atoms with van der Waals surface area (Å²) in [6.07, 6.45) is 1.81. The van der Waals surface area contributed by atoms with Crippen LogP contribution in [0.3, 0.4) is 0 Å². The number of anilines is 1. The summed E-state index contributed by atoms with van der Waals surface area (Å²) in [5, 5.41) is 0. The van der Waals surface area contributed by atoms with Crippen molar-refractivity contribution < 1.29 is 4.79 Å². The fraction of sp³-hybridized carbons (Fsp3) is 0.333. The molecule has 1 amide bonds. The smallest absolute Gasteiger partial charge is 0.254 e. The van der Waals surface area contributed by atoms with Crippen LogP contribution in [0.2, 0.25) is 0 Å². The van der Waals surface area contributed by atoms with E-state index in [9.17, 15) is 4.79 Å². The second-order valence-electron chi connectivity index (χ2n) is 5.71. The number of hydrogen-bond donors (Lipinski definition) is 0. The Morgan fingerprint density at radius 1 is 1.00 bits per heavy atom. The highest BCUT2D eigenvalue weighted by molar-refractivity contribution is 5.96. The van der Waals surface area contributed by atoms with E-state index >= 15 is 0 Å². The van der Waals surface area contributed by atoms with Gasteiger partial charge in [0.15, 0.2) is 0 Å². The van der Waals surface area contributed by atoms with Gasteiger partial charge in [0.1, 0.15) is 5.82 Å². The number of hydrogen-bond acceptors (Lipinski definition) is 3. The molecule has 0 atom stereocenters. The van der Waals surface area contributed by atoms with E-state index in [-0.39, 0.29) is 5.91 Å². The lowest BCUT2D eigenvalue weighted by Gasteiger charge is -2.35. The number of pyridine rings is 1. The Hall–Kier alpha value is -2.36. The van der Waals surface area contributed by atoms with E-state index in [1.165, 1.54) is 0 Å². The van der Waals surface area contributed by atoms with Gasteiger partial charge in [0, 0.05) is 37.9 Å². The van der Waals surface area contributed by atoms with Crippen molar-refractivity contribution in [3.63, 3.8) is 0 Å². The summed E-state index contributed by atoms with van der Waals surface area (Å²) in [6.45, 7) is 7.20. The summed E-state index contributed by atoms with van der Waals surface area (Å²) in [6, 6.07) is 11.9. The predicted molar refractivity (Wildman–Crippen MR) is 88.3 cm³/mol. The fourth-order valence-electron chi connectivity index (χ4n) is 2.83. The zero-order valence-electron chi connectivity index (χ0n) is 13.1. The molecule has 0 aliphatic carbocycles. The lowest BCUT2D eigenvalue weighted by atomic mass is 10.0. The summed E-state index contributed by atoms with van der Waals surface area (Å²) in [7, 11) is 0. The van der Waals surface area contributed by atoms with Crippen LogP contribution >= 0.6 is 0 Å². The van der Waals surface area contributed by atoms with Crippen molar-refractivity contribution in [3.8, 4) is 0 Å². The number of amides is 1. The molecular weight excluding hydrogens is 274 g/mol. The van der Waals surface area contributed by atoms with Crippen molar-refractivity contribution in [1.82, 2.24) is 9.88 Å². The molecule has 22 heavy (non-hydrogen) atoms. The van der Waals surface area contributed by atoms with Crippen molar-refractivity contribution in [1.29, 1.82) is 0 Å². The van der Waals surface area contributed by atoms with Gasteiger partial charge in [-0.1, -0.05) is 18.2 Å². The summed E-state index contributed by atoms with van der Waals surface area (Å²) < 4.78 is 0. The van der Waals surface area contributed by atoms with Crippen molar-refractivity contribution in [2.75, 3.05) is 31.1 Å². The van der Waals surface area contributed by atoms with E-state index in [1.54, 1.807) is 0 Å². The Kier molecular flexibility index (Phi) is 4.09. The van der Waals surface area contributed by atoms with Crippen molar-refractivity contribution in [3.05, 3.63) is 59.3 Å². The summed E-state index contributed by atoms with van der Waals surface area (Å²) in [4.78, 5) is 21.3. The number of rotatable bonds is 2. The van der Waals surface area contributed by atoms with Crippen LogP contribution in [0.5, 0.6) is 0 Å². The maximum absolute atomic E-state index is 12.7. The first kappa shape index (κ1) is 14.6. The Labute approximate surface area is 131 Å². The SMILES string of the molecule is Cc1cccc(C(=O)N2CCN(c3ccccn3)CC2)c1C. The highest BCUT2D eigenvalue weighted by Crippen LogP contribution is 2.18. The number of benzene rings is 1. The van der Waals surface area contributed by atoms with Crippen LogP contribution < -0.4 is 4.90 Å². The molecular formula is C18H21N3O. The minimum atomic E-state index is 0.141. The van der Waals surface area contributed by atoms with E-state index in [2.05, 4.69) is 9.88 Å². The Balaban J connectivity index is 1.69. The summed E-state index contributed by atoms with van der Waals surface area (Å²) in [5.41, 5.74) is 3.07. The van der Waals surface area contributed by atoms with E-state index in [0.717, 1.165) is 48.7 Å². The number of nitrogens with zero attached hydrogens (tertiary/aromatic N) is 3. The van der Waals surface area contributed by atoms with Crippen LogP contribution in [0.4, 0.5) is 5.82 Å².